The third-order valence-corrected chi connectivity index (χ3v) is 3.72. The first-order chi connectivity index (χ1) is 6.49. The van der Waals surface area contributed by atoms with E-state index in [1.54, 1.807) is 10.9 Å². The minimum Gasteiger partial charge on any atom is -0.360 e. The smallest absolute Gasteiger partial charge is 0.139 e. The van der Waals surface area contributed by atoms with Crippen LogP contribution in [0.3, 0.4) is 0 Å². The first-order valence-corrected chi connectivity index (χ1v) is 8.61. The van der Waals surface area contributed by atoms with Crippen LogP contribution in [0.15, 0.2) is 12.3 Å². The van der Waals surface area contributed by atoms with Crippen LogP contribution in [0.2, 0.25) is 25.7 Å². The normalized spacial score (nSPS) is 12.0. The Morgan fingerprint density at radius 1 is 1.50 bits per heavy atom. The maximum atomic E-state index is 5.53. The highest BCUT2D eigenvalue weighted by Gasteiger charge is 2.11. The Morgan fingerprint density at radius 3 is 2.71 bits per heavy atom. The van der Waals surface area contributed by atoms with Crippen LogP contribution >= 0.6 is 0 Å². The lowest BCUT2D eigenvalue weighted by atomic mass is 10.5. The fourth-order valence-corrected chi connectivity index (χ4v) is 1.76. The highest BCUT2D eigenvalue weighted by Crippen LogP contribution is 2.07. The van der Waals surface area contributed by atoms with Gasteiger partial charge in [-0.05, 0) is 19.0 Å². The molecule has 0 aliphatic rings. The zero-order valence-electron chi connectivity index (χ0n) is 9.29. The van der Waals surface area contributed by atoms with Gasteiger partial charge < -0.3 is 4.74 Å². The van der Waals surface area contributed by atoms with E-state index in [1.165, 1.54) is 6.04 Å². The van der Waals surface area contributed by atoms with E-state index in [-0.39, 0.29) is 0 Å². The lowest BCUT2D eigenvalue weighted by Gasteiger charge is -2.15. The first-order valence-electron chi connectivity index (χ1n) is 4.90. The summed E-state index contributed by atoms with van der Waals surface area (Å²) in [5.74, 6) is 0. The zero-order valence-corrected chi connectivity index (χ0v) is 10.3. The second kappa shape index (κ2) is 4.75. The van der Waals surface area contributed by atoms with Crippen LogP contribution < -0.4 is 0 Å². The number of ether oxygens (including phenoxy) is 1. The SMILES string of the molecule is [CH2]c1ccnn1COCC[Si](C)(C)C. The lowest BCUT2D eigenvalue weighted by Crippen LogP contribution is -2.22. The second-order valence-electron chi connectivity index (χ2n) is 4.67. The summed E-state index contributed by atoms with van der Waals surface area (Å²) < 4.78 is 7.30. The van der Waals surface area contributed by atoms with Crippen molar-refractivity contribution in [2.75, 3.05) is 6.61 Å². The van der Waals surface area contributed by atoms with Gasteiger partial charge in [0, 0.05) is 26.6 Å². The summed E-state index contributed by atoms with van der Waals surface area (Å²) in [4.78, 5) is 0. The molecule has 1 radical (unpaired) electrons. The van der Waals surface area contributed by atoms with Gasteiger partial charge in [-0.3, -0.25) is 0 Å². The molecule has 0 bridgehead atoms. The summed E-state index contributed by atoms with van der Waals surface area (Å²) in [6.07, 6.45) is 1.74. The highest BCUT2D eigenvalue weighted by molar-refractivity contribution is 6.76. The van der Waals surface area contributed by atoms with Crippen molar-refractivity contribution in [2.24, 2.45) is 0 Å². The molecule has 0 N–H and O–H groups in total. The largest absolute Gasteiger partial charge is 0.360 e. The van der Waals surface area contributed by atoms with Crippen molar-refractivity contribution in [3.63, 3.8) is 0 Å². The summed E-state index contributed by atoms with van der Waals surface area (Å²) in [6, 6.07) is 3.07. The van der Waals surface area contributed by atoms with Gasteiger partial charge in [-0.15, -0.1) is 0 Å². The van der Waals surface area contributed by atoms with Crippen LogP contribution in [-0.4, -0.2) is 24.5 Å². The van der Waals surface area contributed by atoms with Gasteiger partial charge in [0.25, 0.3) is 0 Å². The van der Waals surface area contributed by atoms with Crippen molar-refractivity contribution in [1.82, 2.24) is 9.78 Å². The average molecular weight is 211 g/mol. The minimum absolute atomic E-state index is 0.524. The van der Waals surface area contributed by atoms with Crippen molar-refractivity contribution >= 4 is 8.07 Å². The number of aromatic nitrogens is 2. The third-order valence-electron chi connectivity index (χ3n) is 2.01. The standard InChI is InChI=1S/C10H19N2OSi/c1-10-5-6-11-12(10)9-13-7-8-14(2,3)4/h5-6H,1,7-9H2,2-4H3. The van der Waals surface area contributed by atoms with E-state index in [0.717, 1.165) is 12.3 Å². The van der Waals surface area contributed by atoms with Crippen molar-refractivity contribution in [1.29, 1.82) is 0 Å². The molecule has 0 saturated heterocycles. The predicted octanol–water partition coefficient (Wildman–Crippen LogP) is 2.38. The van der Waals surface area contributed by atoms with Gasteiger partial charge in [0.15, 0.2) is 0 Å². The Hall–Kier alpha value is -0.613. The summed E-state index contributed by atoms with van der Waals surface area (Å²) in [5, 5.41) is 4.09. The molecular weight excluding hydrogens is 192 g/mol. The number of hydrogen-bond acceptors (Lipinski definition) is 2. The Morgan fingerprint density at radius 2 is 2.21 bits per heavy atom. The van der Waals surface area contributed by atoms with Crippen LogP contribution in [0.4, 0.5) is 0 Å². The fraction of sp³-hybridized carbons (Fsp3) is 0.600. The minimum atomic E-state index is -0.963. The van der Waals surface area contributed by atoms with E-state index in [9.17, 15) is 0 Å². The van der Waals surface area contributed by atoms with Crippen molar-refractivity contribution in [3.05, 3.63) is 24.9 Å². The maximum Gasteiger partial charge on any atom is 0.139 e. The lowest BCUT2D eigenvalue weighted by molar-refractivity contribution is 0.0777. The van der Waals surface area contributed by atoms with Gasteiger partial charge in [0.1, 0.15) is 6.73 Å². The van der Waals surface area contributed by atoms with E-state index >= 15 is 0 Å². The predicted molar refractivity (Wildman–Crippen MR) is 60.8 cm³/mol. The summed E-state index contributed by atoms with van der Waals surface area (Å²) in [7, 11) is -0.963. The number of hydrogen-bond donors (Lipinski definition) is 0. The van der Waals surface area contributed by atoms with Gasteiger partial charge in [-0.2, -0.15) is 5.10 Å². The molecule has 0 saturated carbocycles. The summed E-state index contributed by atoms with van der Waals surface area (Å²) in [6.45, 7) is 12.2. The molecule has 0 aliphatic carbocycles. The van der Waals surface area contributed by atoms with Crippen LogP contribution in [0.25, 0.3) is 0 Å². The Balaban J connectivity index is 2.20. The molecule has 14 heavy (non-hydrogen) atoms. The molecule has 0 unspecified atom stereocenters. The van der Waals surface area contributed by atoms with E-state index in [4.69, 9.17) is 4.74 Å². The molecule has 0 fully saturated rings. The molecule has 0 spiro atoms. The van der Waals surface area contributed by atoms with Crippen molar-refractivity contribution < 1.29 is 4.74 Å². The first kappa shape index (κ1) is 11.5. The molecule has 1 rings (SSSR count). The van der Waals surface area contributed by atoms with Crippen molar-refractivity contribution in [3.8, 4) is 0 Å². The fourth-order valence-electron chi connectivity index (χ4n) is 1.01. The van der Waals surface area contributed by atoms with Crippen LogP contribution in [0.1, 0.15) is 5.69 Å². The molecule has 1 aromatic rings. The van der Waals surface area contributed by atoms with Crippen LogP contribution in [-0.2, 0) is 11.5 Å². The molecule has 79 valence electrons. The van der Waals surface area contributed by atoms with Crippen LogP contribution in [0.5, 0.6) is 0 Å². The zero-order chi connectivity index (χ0) is 10.6. The van der Waals surface area contributed by atoms with Gasteiger partial charge in [-0.1, -0.05) is 19.6 Å². The molecule has 4 heteroatoms. The maximum absolute atomic E-state index is 5.53. The Bertz CT molecular complexity index is 278. The van der Waals surface area contributed by atoms with E-state index in [1.807, 2.05) is 6.07 Å². The Kier molecular flexibility index (Phi) is 3.89. The number of rotatable bonds is 5. The van der Waals surface area contributed by atoms with Gasteiger partial charge in [0.2, 0.25) is 0 Å². The third kappa shape index (κ3) is 4.06. The topological polar surface area (TPSA) is 27.1 Å². The molecule has 0 atom stereocenters. The summed E-state index contributed by atoms with van der Waals surface area (Å²) >= 11 is 0. The Labute approximate surface area is 87.1 Å². The molecule has 0 aromatic carbocycles. The van der Waals surface area contributed by atoms with E-state index in [2.05, 4.69) is 31.7 Å². The average Bonchev–Trinajstić information content (AvgIpc) is 2.44. The van der Waals surface area contributed by atoms with E-state index in [0.29, 0.717) is 6.73 Å². The quantitative estimate of drug-likeness (QED) is 0.552. The summed E-state index contributed by atoms with van der Waals surface area (Å²) in [5.41, 5.74) is 0.901. The monoisotopic (exact) mass is 211 g/mol. The molecule has 0 amide bonds. The molecular formula is C10H19N2OSi. The second-order valence-corrected chi connectivity index (χ2v) is 10.3. The number of nitrogens with zero attached hydrogens (tertiary/aromatic N) is 2. The molecule has 3 nitrogen and oxygen atoms in total. The van der Waals surface area contributed by atoms with E-state index < -0.39 is 8.07 Å². The van der Waals surface area contributed by atoms with Gasteiger partial charge >= 0.3 is 0 Å². The van der Waals surface area contributed by atoms with Gasteiger partial charge in [-0.25, -0.2) is 4.68 Å². The molecule has 1 heterocycles. The highest BCUT2D eigenvalue weighted by atomic mass is 28.3. The van der Waals surface area contributed by atoms with Crippen molar-refractivity contribution in [2.45, 2.75) is 32.4 Å². The van der Waals surface area contributed by atoms with Crippen LogP contribution in [0, 0.1) is 6.92 Å². The molecule has 0 aliphatic heterocycles. The molecule has 1 aromatic heterocycles. The van der Waals surface area contributed by atoms with Gasteiger partial charge in [0.05, 0.1) is 0 Å².